The van der Waals surface area contributed by atoms with Crippen molar-refractivity contribution in [2.24, 2.45) is 0 Å². The van der Waals surface area contributed by atoms with Crippen LogP contribution in [0.25, 0.3) is 5.52 Å². The number of amides is 1. The summed E-state index contributed by atoms with van der Waals surface area (Å²) in [6.07, 6.45) is 4.22. The van der Waals surface area contributed by atoms with Gasteiger partial charge in [-0.15, -0.1) is 0 Å². The molecule has 0 spiro atoms. The van der Waals surface area contributed by atoms with Gasteiger partial charge in [0.1, 0.15) is 11.6 Å². The molecule has 1 aliphatic rings. The molecule has 0 radical (unpaired) electrons. The van der Waals surface area contributed by atoms with Crippen LogP contribution in [0.1, 0.15) is 34.8 Å². The molecular formula is C20H21F2N5O3S. The Balaban J connectivity index is 1.48. The Morgan fingerprint density at radius 1 is 1.29 bits per heavy atom. The lowest BCUT2D eigenvalue weighted by atomic mass is 10.0. The largest absolute Gasteiger partial charge is 0.304 e. The Morgan fingerprint density at radius 2 is 2.10 bits per heavy atom. The number of halogens is 2. The van der Waals surface area contributed by atoms with Crippen LogP contribution in [-0.2, 0) is 10.2 Å². The van der Waals surface area contributed by atoms with E-state index >= 15 is 0 Å². The molecule has 3 aromatic rings. The van der Waals surface area contributed by atoms with E-state index < -0.39 is 33.8 Å². The predicted octanol–water partition coefficient (Wildman–Crippen LogP) is 2.31. The molecule has 11 heteroatoms. The van der Waals surface area contributed by atoms with Gasteiger partial charge in [0.2, 0.25) is 0 Å². The lowest BCUT2D eigenvalue weighted by Gasteiger charge is -2.29. The molecule has 1 N–H and O–H groups in total. The number of carbonyl (C=O) groups excluding carboxylic acids is 1. The van der Waals surface area contributed by atoms with Crippen molar-refractivity contribution in [2.45, 2.75) is 18.9 Å². The second kappa shape index (κ2) is 8.33. The van der Waals surface area contributed by atoms with Gasteiger partial charge < -0.3 is 0 Å². The van der Waals surface area contributed by atoms with Gasteiger partial charge in [0.15, 0.2) is 0 Å². The van der Waals surface area contributed by atoms with Crippen LogP contribution in [0.5, 0.6) is 0 Å². The average Bonchev–Trinajstić information content (AvgIpc) is 3.36. The lowest BCUT2D eigenvalue weighted by molar-refractivity contribution is 0.0979. The molecule has 1 aliphatic heterocycles. The number of pyridine rings is 1. The normalized spacial score (nSPS) is 17.5. The number of nitrogens with zero attached hydrogens (tertiary/aromatic N) is 4. The summed E-state index contributed by atoms with van der Waals surface area (Å²) in [5.41, 5.74) is 0.788. The van der Waals surface area contributed by atoms with Gasteiger partial charge in [0.25, 0.3) is 5.91 Å². The van der Waals surface area contributed by atoms with Gasteiger partial charge >= 0.3 is 10.2 Å². The first kappa shape index (κ1) is 21.3. The molecular weight excluding hydrogens is 428 g/mol. The number of benzene rings is 1. The fourth-order valence-electron chi connectivity index (χ4n) is 3.81. The third-order valence-corrected chi connectivity index (χ3v) is 6.74. The highest BCUT2D eigenvalue weighted by Gasteiger charge is 2.32. The summed E-state index contributed by atoms with van der Waals surface area (Å²) >= 11 is 0. The zero-order chi connectivity index (χ0) is 22.2. The first-order valence-electron chi connectivity index (χ1n) is 9.66. The van der Waals surface area contributed by atoms with Gasteiger partial charge in [-0.1, -0.05) is 6.07 Å². The van der Waals surface area contributed by atoms with Crippen LogP contribution in [0.15, 0.2) is 48.8 Å². The van der Waals surface area contributed by atoms with Crippen LogP contribution in [0.4, 0.5) is 8.78 Å². The first-order chi connectivity index (χ1) is 14.8. The second-order valence-electron chi connectivity index (χ2n) is 7.40. The number of aromatic nitrogens is 2. The molecule has 1 aromatic carbocycles. The number of hydrogen-bond acceptors (Lipinski definition) is 5. The van der Waals surface area contributed by atoms with Gasteiger partial charge in [-0.25, -0.2) is 18.0 Å². The fraction of sp³-hybridized carbons (Fsp3) is 0.300. The molecule has 1 atom stereocenters. The number of likely N-dealkylation sites (tertiary alicyclic amines) is 1. The summed E-state index contributed by atoms with van der Waals surface area (Å²) < 4.78 is 57.8. The van der Waals surface area contributed by atoms with Crippen LogP contribution < -0.4 is 4.72 Å². The topological polar surface area (TPSA) is 87.0 Å². The van der Waals surface area contributed by atoms with E-state index in [0.29, 0.717) is 24.9 Å². The first-order valence-corrected chi connectivity index (χ1v) is 11.1. The van der Waals surface area contributed by atoms with Crippen molar-refractivity contribution in [3.8, 4) is 0 Å². The molecule has 1 amide bonds. The van der Waals surface area contributed by atoms with Gasteiger partial charge in [-0.3, -0.25) is 9.69 Å². The van der Waals surface area contributed by atoms with Gasteiger partial charge in [-0.05, 0) is 43.2 Å². The zero-order valence-corrected chi connectivity index (χ0v) is 17.5. The van der Waals surface area contributed by atoms with E-state index in [1.54, 1.807) is 29.3 Å². The number of fused-ring (bicyclic) bond motifs is 1. The third kappa shape index (κ3) is 4.29. The van der Waals surface area contributed by atoms with Crippen molar-refractivity contribution >= 4 is 21.6 Å². The molecule has 3 heterocycles. The monoisotopic (exact) mass is 449 g/mol. The van der Waals surface area contributed by atoms with E-state index in [9.17, 15) is 22.0 Å². The van der Waals surface area contributed by atoms with E-state index in [4.69, 9.17) is 0 Å². The van der Waals surface area contributed by atoms with Crippen molar-refractivity contribution in [1.29, 1.82) is 0 Å². The number of hydrogen-bond donors (Lipinski definition) is 1. The molecule has 0 aliphatic carbocycles. The molecule has 2 aromatic heterocycles. The summed E-state index contributed by atoms with van der Waals surface area (Å²) in [7, 11) is -2.86. The van der Waals surface area contributed by atoms with E-state index in [1.165, 1.54) is 17.8 Å². The Hall–Kier alpha value is -2.89. The summed E-state index contributed by atoms with van der Waals surface area (Å²) in [6.45, 7) is 0.431. The van der Waals surface area contributed by atoms with E-state index in [1.807, 2.05) is 4.72 Å². The second-order valence-corrected chi connectivity index (χ2v) is 9.18. The Bertz CT molecular complexity index is 1230. The summed E-state index contributed by atoms with van der Waals surface area (Å²) in [4.78, 5) is 14.3. The molecule has 0 unspecified atom stereocenters. The summed E-state index contributed by atoms with van der Waals surface area (Å²) in [5, 5.41) is 4.03. The van der Waals surface area contributed by atoms with E-state index in [0.717, 1.165) is 22.5 Å². The molecule has 4 rings (SSSR count). The van der Waals surface area contributed by atoms with Crippen LogP contribution in [-0.4, -0.2) is 53.4 Å². The molecule has 0 saturated carbocycles. The summed E-state index contributed by atoms with van der Waals surface area (Å²) in [6, 6.07) is 7.90. The van der Waals surface area contributed by atoms with E-state index in [2.05, 4.69) is 5.10 Å². The smallest absolute Gasteiger partial charge is 0.282 e. The van der Waals surface area contributed by atoms with E-state index in [-0.39, 0.29) is 17.8 Å². The van der Waals surface area contributed by atoms with Gasteiger partial charge in [-0.2, -0.15) is 17.8 Å². The highest BCUT2D eigenvalue weighted by molar-refractivity contribution is 7.87. The van der Waals surface area contributed by atoms with Crippen LogP contribution in [0, 0.1) is 11.6 Å². The maximum absolute atomic E-state index is 14.2. The van der Waals surface area contributed by atoms with Gasteiger partial charge in [0, 0.05) is 31.4 Å². The molecule has 0 bridgehead atoms. The number of carbonyl (C=O) groups is 1. The Kier molecular flexibility index (Phi) is 5.73. The minimum atomic E-state index is -4.18. The summed E-state index contributed by atoms with van der Waals surface area (Å²) in [5.74, 6) is -1.89. The molecule has 164 valence electrons. The average molecular weight is 449 g/mol. The van der Waals surface area contributed by atoms with Gasteiger partial charge in [0.05, 0.1) is 23.9 Å². The highest BCUT2D eigenvalue weighted by Crippen LogP contribution is 2.33. The number of rotatable bonds is 6. The minimum Gasteiger partial charge on any atom is -0.282 e. The SMILES string of the molecule is CN(CN1CCC[C@@H]1c1cc(F)ccc1F)S(=O)(=O)NC(=O)c1cnn2ccccc12. The maximum atomic E-state index is 14.2. The van der Waals surface area contributed by atoms with Crippen LogP contribution in [0.3, 0.4) is 0 Å². The third-order valence-electron chi connectivity index (χ3n) is 5.36. The minimum absolute atomic E-state index is 0.0853. The molecule has 31 heavy (non-hydrogen) atoms. The quantitative estimate of drug-likeness (QED) is 0.624. The van der Waals surface area contributed by atoms with Crippen LogP contribution >= 0.6 is 0 Å². The van der Waals surface area contributed by atoms with Crippen molar-refractivity contribution in [3.63, 3.8) is 0 Å². The molecule has 8 nitrogen and oxygen atoms in total. The highest BCUT2D eigenvalue weighted by atomic mass is 32.2. The molecule has 1 fully saturated rings. The van der Waals surface area contributed by atoms with Crippen LogP contribution in [0.2, 0.25) is 0 Å². The fourth-order valence-corrected chi connectivity index (χ4v) is 4.61. The zero-order valence-electron chi connectivity index (χ0n) is 16.7. The predicted molar refractivity (Wildman–Crippen MR) is 109 cm³/mol. The van der Waals surface area contributed by atoms with Crippen molar-refractivity contribution in [2.75, 3.05) is 20.3 Å². The van der Waals surface area contributed by atoms with Crippen molar-refractivity contribution in [1.82, 2.24) is 23.5 Å². The Labute approximate surface area is 178 Å². The maximum Gasteiger partial charge on any atom is 0.304 e. The lowest BCUT2D eigenvalue weighted by Crippen LogP contribution is -2.46. The Morgan fingerprint density at radius 3 is 2.90 bits per heavy atom. The van der Waals surface area contributed by atoms with Crippen molar-refractivity contribution in [3.05, 3.63) is 71.6 Å². The molecule has 1 saturated heterocycles. The number of nitrogens with one attached hydrogen (secondary N) is 1. The van der Waals surface area contributed by atoms with Crippen molar-refractivity contribution < 1.29 is 22.0 Å². The standard InChI is InChI=1S/C20H21F2N5O3S/c1-25(13-26-9-4-6-18(26)15-11-14(21)7-8-17(15)22)31(29,30)24-20(28)16-12-23-27-10-3-2-5-19(16)27/h2-3,5,7-8,10-12,18H,4,6,9,13H2,1H3,(H,24,28)/t18-/m1/s1.